The molecule has 0 aliphatic carbocycles. The topological polar surface area (TPSA) is 87.2 Å². The molecule has 33 heavy (non-hydrogen) atoms. The Morgan fingerprint density at radius 3 is 2.33 bits per heavy atom. The molecule has 2 unspecified atom stereocenters. The minimum atomic E-state index is -0.358. The van der Waals surface area contributed by atoms with Gasteiger partial charge in [0.15, 0.2) is 0 Å². The zero-order chi connectivity index (χ0) is 23.4. The Hall–Kier alpha value is -3.74. The van der Waals surface area contributed by atoms with Crippen LogP contribution in [0.1, 0.15) is 42.2 Å². The van der Waals surface area contributed by atoms with Gasteiger partial charge in [0, 0.05) is 35.7 Å². The molecule has 2 atom stereocenters. The molecule has 4 rings (SSSR count). The minimum absolute atomic E-state index is 0.0136. The fourth-order valence-electron chi connectivity index (χ4n) is 4.17. The third-order valence-corrected chi connectivity index (χ3v) is 5.91. The number of hydrogen-bond donors (Lipinski definition) is 2. The number of anilines is 2. The predicted octanol–water partition coefficient (Wildman–Crippen LogP) is 4.25. The van der Waals surface area contributed by atoms with E-state index in [2.05, 4.69) is 20.6 Å². The fraction of sp³-hybridized carbons (Fsp3) is 0.308. The summed E-state index contributed by atoms with van der Waals surface area (Å²) in [4.78, 5) is 36.0. The molecule has 0 radical (unpaired) electrons. The van der Waals surface area contributed by atoms with Crippen LogP contribution < -0.4 is 10.6 Å². The van der Waals surface area contributed by atoms with Crippen LogP contribution in [0.2, 0.25) is 0 Å². The second kappa shape index (κ2) is 9.81. The summed E-state index contributed by atoms with van der Waals surface area (Å²) in [5, 5.41) is 6.25. The van der Waals surface area contributed by atoms with Crippen molar-refractivity contribution in [1.29, 1.82) is 0 Å². The zero-order valence-corrected chi connectivity index (χ0v) is 19.2. The van der Waals surface area contributed by atoms with Gasteiger partial charge in [0.05, 0.1) is 18.5 Å². The average molecular weight is 444 g/mol. The Morgan fingerprint density at radius 1 is 1.03 bits per heavy atom. The van der Waals surface area contributed by atoms with Crippen LogP contribution in [0.5, 0.6) is 0 Å². The molecule has 7 heteroatoms. The van der Waals surface area contributed by atoms with E-state index >= 15 is 0 Å². The van der Waals surface area contributed by atoms with E-state index in [9.17, 15) is 9.59 Å². The number of hydrogen-bond acceptors (Lipinski definition) is 5. The van der Waals surface area contributed by atoms with Crippen LogP contribution in [0.25, 0.3) is 0 Å². The second-order valence-electron chi connectivity index (χ2n) is 8.52. The Bertz CT molecular complexity index is 1110. The number of benzene rings is 2. The lowest BCUT2D eigenvalue weighted by atomic mass is 10.1. The van der Waals surface area contributed by atoms with E-state index in [-0.39, 0.29) is 30.2 Å². The first-order chi connectivity index (χ1) is 15.9. The third kappa shape index (κ3) is 5.55. The number of amides is 2. The fourth-order valence-corrected chi connectivity index (χ4v) is 4.17. The van der Waals surface area contributed by atoms with E-state index in [1.54, 1.807) is 4.90 Å². The quantitative estimate of drug-likeness (QED) is 0.570. The van der Waals surface area contributed by atoms with Crippen molar-refractivity contribution in [3.8, 4) is 0 Å². The van der Waals surface area contributed by atoms with Crippen molar-refractivity contribution in [3.63, 3.8) is 0 Å². The van der Waals surface area contributed by atoms with Gasteiger partial charge < -0.3 is 15.5 Å². The number of aromatic nitrogens is 2. The lowest BCUT2D eigenvalue weighted by Gasteiger charge is -2.25. The van der Waals surface area contributed by atoms with E-state index in [4.69, 9.17) is 0 Å². The molecule has 1 aromatic heterocycles. The standard InChI is InChI=1S/C26H29N5O2/c1-17-13-18(2)29-24(28-17)15-27-22-9-11-23(12-10-22)30-26(33)21-14-25(32)31(16-21)19(3)20-7-5-4-6-8-20/h4-13,19,21,27H,14-16H2,1-3H3,(H,30,33). The molecule has 2 N–H and O–H groups in total. The predicted molar refractivity (Wildman–Crippen MR) is 129 cm³/mol. The number of carbonyl (C=O) groups is 2. The van der Waals surface area contributed by atoms with Crippen LogP contribution in [0.4, 0.5) is 11.4 Å². The van der Waals surface area contributed by atoms with Gasteiger partial charge in [-0.3, -0.25) is 9.59 Å². The molecule has 1 fully saturated rings. The van der Waals surface area contributed by atoms with Crippen molar-refractivity contribution >= 4 is 23.2 Å². The van der Waals surface area contributed by atoms with Crippen molar-refractivity contribution < 1.29 is 9.59 Å². The number of rotatable bonds is 7. The molecule has 2 amide bonds. The molecule has 1 saturated heterocycles. The zero-order valence-electron chi connectivity index (χ0n) is 19.2. The van der Waals surface area contributed by atoms with Crippen LogP contribution in [-0.4, -0.2) is 33.2 Å². The lowest BCUT2D eigenvalue weighted by Crippen LogP contribution is -2.30. The summed E-state index contributed by atoms with van der Waals surface area (Å²) in [6.45, 7) is 6.86. The van der Waals surface area contributed by atoms with Gasteiger partial charge in [-0.1, -0.05) is 30.3 Å². The Morgan fingerprint density at radius 2 is 1.67 bits per heavy atom. The third-order valence-electron chi connectivity index (χ3n) is 5.91. The lowest BCUT2D eigenvalue weighted by molar-refractivity contribution is -0.129. The summed E-state index contributed by atoms with van der Waals surface area (Å²) in [6, 6.07) is 19.3. The monoisotopic (exact) mass is 443 g/mol. The van der Waals surface area contributed by atoms with Crippen LogP contribution in [-0.2, 0) is 16.1 Å². The first-order valence-corrected chi connectivity index (χ1v) is 11.2. The highest BCUT2D eigenvalue weighted by Crippen LogP contribution is 2.29. The maximum atomic E-state index is 12.8. The molecule has 0 bridgehead atoms. The van der Waals surface area contributed by atoms with Gasteiger partial charge in [-0.15, -0.1) is 0 Å². The Balaban J connectivity index is 1.31. The molecule has 7 nitrogen and oxygen atoms in total. The van der Waals surface area contributed by atoms with E-state index in [0.29, 0.717) is 18.8 Å². The second-order valence-corrected chi connectivity index (χ2v) is 8.52. The highest BCUT2D eigenvalue weighted by atomic mass is 16.2. The van der Waals surface area contributed by atoms with Gasteiger partial charge in [0.2, 0.25) is 11.8 Å². The van der Waals surface area contributed by atoms with E-state index in [0.717, 1.165) is 28.5 Å². The summed E-state index contributed by atoms with van der Waals surface area (Å²) in [6.07, 6.45) is 0.235. The van der Waals surface area contributed by atoms with Crippen LogP contribution >= 0.6 is 0 Å². The molecule has 0 saturated carbocycles. The van der Waals surface area contributed by atoms with Crippen molar-refractivity contribution in [2.24, 2.45) is 5.92 Å². The van der Waals surface area contributed by atoms with E-state index in [1.807, 2.05) is 81.4 Å². The van der Waals surface area contributed by atoms with Gasteiger partial charge in [0.25, 0.3) is 0 Å². The smallest absolute Gasteiger partial charge is 0.229 e. The molecule has 1 aliphatic heterocycles. The van der Waals surface area contributed by atoms with Crippen molar-refractivity contribution in [2.45, 2.75) is 39.8 Å². The van der Waals surface area contributed by atoms with Gasteiger partial charge in [-0.05, 0) is 56.7 Å². The maximum absolute atomic E-state index is 12.8. The summed E-state index contributed by atoms with van der Waals surface area (Å²) < 4.78 is 0. The molecule has 0 spiro atoms. The van der Waals surface area contributed by atoms with E-state index < -0.39 is 0 Å². The molecule has 2 aromatic carbocycles. The Labute approximate surface area is 194 Å². The van der Waals surface area contributed by atoms with Crippen LogP contribution in [0.15, 0.2) is 60.7 Å². The highest BCUT2D eigenvalue weighted by molar-refractivity contribution is 5.97. The van der Waals surface area contributed by atoms with Gasteiger partial charge in [0.1, 0.15) is 5.82 Å². The molecule has 170 valence electrons. The van der Waals surface area contributed by atoms with Gasteiger partial charge >= 0.3 is 0 Å². The average Bonchev–Trinajstić information content (AvgIpc) is 3.20. The normalized spacial score (nSPS) is 16.5. The molecular formula is C26H29N5O2. The maximum Gasteiger partial charge on any atom is 0.229 e. The Kier molecular flexibility index (Phi) is 6.68. The summed E-state index contributed by atoms with van der Waals surface area (Å²) in [5.41, 5.74) is 4.57. The molecule has 3 aromatic rings. The highest BCUT2D eigenvalue weighted by Gasteiger charge is 2.37. The molecular weight excluding hydrogens is 414 g/mol. The van der Waals surface area contributed by atoms with Crippen LogP contribution in [0.3, 0.4) is 0 Å². The van der Waals surface area contributed by atoms with Gasteiger partial charge in [-0.2, -0.15) is 0 Å². The first-order valence-electron chi connectivity index (χ1n) is 11.2. The van der Waals surface area contributed by atoms with Crippen molar-refractivity contribution in [3.05, 3.63) is 83.4 Å². The molecule has 1 aliphatic rings. The van der Waals surface area contributed by atoms with Crippen molar-refractivity contribution in [1.82, 2.24) is 14.9 Å². The number of likely N-dealkylation sites (tertiary alicyclic amines) is 1. The number of nitrogens with zero attached hydrogens (tertiary/aromatic N) is 3. The largest absolute Gasteiger partial charge is 0.378 e. The van der Waals surface area contributed by atoms with Crippen molar-refractivity contribution in [2.75, 3.05) is 17.2 Å². The SMILES string of the molecule is Cc1cc(C)nc(CNc2ccc(NC(=O)C3CC(=O)N(C(C)c4ccccc4)C3)cc2)n1. The summed E-state index contributed by atoms with van der Waals surface area (Å²) in [5.74, 6) is 0.267. The van der Waals surface area contributed by atoms with Gasteiger partial charge in [-0.25, -0.2) is 9.97 Å². The summed E-state index contributed by atoms with van der Waals surface area (Å²) in [7, 11) is 0. The van der Waals surface area contributed by atoms with E-state index in [1.165, 1.54) is 0 Å². The molecule has 2 heterocycles. The summed E-state index contributed by atoms with van der Waals surface area (Å²) >= 11 is 0. The van der Waals surface area contributed by atoms with Crippen LogP contribution in [0, 0.1) is 19.8 Å². The number of aryl methyl sites for hydroxylation is 2. The minimum Gasteiger partial charge on any atom is -0.378 e. The number of carbonyl (C=O) groups excluding carboxylic acids is 2. The first kappa shape index (κ1) is 22.5. The number of nitrogens with one attached hydrogen (secondary N) is 2.